The highest BCUT2D eigenvalue weighted by molar-refractivity contribution is 7.80. The molecule has 20 heavy (non-hydrogen) atoms. The lowest BCUT2D eigenvalue weighted by Crippen LogP contribution is -2.22. The Bertz CT molecular complexity index is 530. The second-order valence-corrected chi connectivity index (χ2v) is 4.81. The Morgan fingerprint density at radius 3 is 2.25 bits per heavy atom. The van der Waals surface area contributed by atoms with Gasteiger partial charge in [-0.2, -0.15) is 0 Å². The average molecular weight is 288 g/mol. The van der Waals surface area contributed by atoms with Crippen LogP contribution in [0.25, 0.3) is 0 Å². The van der Waals surface area contributed by atoms with E-state index in [-0.39, 0.29) is 0 Å². The van der Waals surface area contributed by atoms with Gasteiger partial charge in [0, 0.05) is 36.9 Å². The molecular formula is C15H20N4S. The van der Waals surface area contributed by atoms with Crippen molar-refractivity contribution in [3.8, 4) is 0 Å². The summed E-state index contributed by atoms with van der Waals surface area (Å²) in [5.41, 5.74) is 3.15. The quantitative estimate of drug-likeness (QED) is 0.734. The van der Waals surface area contributed by atoms with Crippen LogP contribution in [0.4, 0.5) is 17.1 Å². The fourth-order valence-electron chi connectivity index (χ4n) is 2.04. The molecule has 2 aromatic rings. The summed E-state index contributed by atoms with van der Waals surface area (Å²) in [4.78, 5) is 5.28. The number of rotatable bonds is 5. The SMILES string of the molecule is CCN(CC)c1ccc(NC(=S)Nc2cc[nH]c2)cc1. The molecule has 1 aromatic heterocycles. The molecule has 1 aromatic carbocycles. The van der Waals surface area contributed by atoms with Gasteiger partial charge in [-0.3, -0.25) is 0 Å². The van der Waals surface area contributed by atoms with Crippen LogP contribution in [-0.2, 0) is 0 Å². The monoisotopic (exact) mass is 288 g/mol. The maximum atomic E-state index is 5.27. The summed E-state index contributed by atoms with van der Waals surface area (Å²) in [7, 11) is 0. The molecule has 3 N–H and O–H groups in total. The van der Waals surface area contributed by atoms with Crippen molar-refractivity contribution in [2.75, 3.05) is 28.6 Å². The number of nitrogens with one attached hydrogen (secondary N) is 3. The lowest BCUT2D eigenvalue weighted by Gasteiger charge is -2.21. The van der Waals surface area contributed by atoms with Gasteiger partial charge in [0.1, 0.15) is 0 Å². The Labute approximate surface area is 125 Å². The minimum absolute atomic E-state index is 0.584. The molecule has 0 unspecified atom stereocenters. The zero-order valence-corrected chi connectivity index (χ0v) is 12.6. The summed E-state index contributed by atoms with van der Waals surface area (Å²) in [6.07, 6.45) is 3.71. The Morgan fingerprint density at radius 1 is 1.05 bits per heavy atom. The summed E-state index contributed by atoms with van der Waals surface area (Å²) in [5, 5.41) is 6.86. The van der Waals surface area contributed by atoms with E-state index in [4.69, 9.17) is 12.2 Å². The van der Waals surface area contributed by atoms with E-state index in [1.165, 1.54) is 5.69 Å². The lowest BCUT2D eigenvalue weighted by atomic mass is 10.2. The molecule has 0 saturated heterocycles. The van der Waals surface area contributed by atoms with Crippen molar-refractivity contribution in [1.29, 1.82) is 0 Å². The van der Waals surface area contributed by atoms with Crippen LogP contribution in [0.1, 0.15) is 13.8 Å². The summed E-state index contributed by atoms with van der Waals surface area (Å²) < 4.78 is 0. The molecule has 0 amide bonds. The first-order valence-electron chi connectivity index (χ1n) is 6.78. The molecule has 0 fully saturated rings. The average Bonchev–Trinajstić information content (AvgIpc) is 2.94. The second-order valence-electron chi connectivity index (χ2n) is 4.40. The van der Waals surface area contributed by atoms with Gasteiger partial charge in [-0.25, -0.2) is 0 Å². The molecule has 106 valence electrons. The zero-order valence-electron chi connectivity index (χ0n) is 11.8. The zero-order chi connectivity index (χ0) is 14.4. The number of H-pyrrole nitrogens is 1. The predicted molar refractivity (Wildman–Crippen MR) is 90.6 cm³/mol. The first-order valence-corrected chi connectivity index (χ1v) is 7.19. The highest BCUT2D eigenvalue weighted by atomic mass is 32.1. The third kappa shape index (κ3) is 3.74. The van der Waals surface area contributed by atoms with Crippen LogP contribution in [0, 0.1) is 0 Å². The van der Waals surface area contributed by atoms with Crippen molar-refractivity contribution in [2.45, 2.75) is 13.8 Å². The molecule has 4 nitrogen and oxygen atoms in total. The van der Waals surface area contributed by atoms with Gasteiger partial charge in [-0.1, -0.05) is 0 Å². The van der Waals surface area contributed by atoms with Gasteiger partial charge in [0.25, 0.3) is 0 Å². The van der Waals surface area contributed by atoms with E-state index in [2.05, 4.69) is 46.5 Å². The number of anilines is 3. The van der Waals surface area contributed by atoms with E-state index in [1.54, 1.807) is 0 Å². The molecule has 0 bridgehead atoms. The van der Waals surface area contributed by atoms with Crippen molar-refractivity contribution < 1.29 is 0 Å². The normalized spacial score (nSPS) is 10.1. The molecular weight excluding hydrogens is 268 g/mol. The van der Waals surface area contributed by atoms with Crippen LogP contribution in [0.2, 0.25) is 0 Å². The highest BCUT2D eigenvalue weighted by Crippen LogP contribution is 2.18. The van der Waals surface area contributed by atoms with Crippen LogP contribution < -0.4 is 15.5 Å². The van der Waals surface area contributed by atoms with Gasteiger partial charge in [-0.15, -0.1) is 0 Å². The number of hydrogen-bond donors (Lipinski definition) is 3. The number of thiocarbonyl (C=S) groups is 1. The molecule has 0 aliphatic carbocycles. The summed E-state index contributed by atoms with van der Waals surface area (Å²) >= 11 is 5.27. The molecule has 0 aliphatic rings. The Balaban J connectivity index is 1.95. The van der Waals surface area contributed by atoms with Crippen LogP contribution in [0.15, 0.2) is 42.7 Å². The van der Waals surface area contributed by atoms with Gasteiger partial charge in [0.05, 0.1) is 5.69 Å². The van der Waals surface area contributed by atoms with Crippen molar-refractivity contribution in [2.24, 2.45) is 0 Å². The molecule has 0 radical (unpaired) electrons. The first kappa shape index (κ1) is 14.4. The van der Waals surface area contributed by atoms with Crippen LogP contribution in [0.3, 0.4) is 0 Å². The number of nitrogens with zero attached hydrogens (tertiary/aromatic N) is 1. The van der Waals surface area contributed by atoms with Gasteiger partial charge in [-0.05, 0) is 56.4 Å². The minimum atomic E-state index is 0.584. The van der Waals surface area contributed by atoms with E-state index in [0.29, 0.717) is 5.11 Å². The number of aromatic nitrogens is 1. The van der Waals surface area contributed by atoms with Crippen LogP contribution in [-0.4, -0.2) is 23.2 Å². The van der Waals surface area contributed by atoms with E-state index >= 15 is 0 Å². The molecule has 0 spiro atoms. The maximum absolute atomic E-state index is 5.27. The molecule has 2 rings (SSSR count). The van der Waals surface area contributed by atoms with Crippen molar-refractivity contribution in [1.82, 2.24) is 4.98 Å². The Morgan fingerprint density at radius 2 is 1.70 bits per heavy atom. The summed E-state index contributed by atoms with van der Waals surface area (Å²) in [6, 6.07) is 10.2. The summed E-state index contributed by atoms with van der Waals surface area (Å²) in [6.45, 7) is 6.34. The fourth-order valence-corrected chi connectivity index (χ4v) is 2.28. The van der Waals surface area contributed by atoms with E-state index in [9.17, 15) is 0 Å². The van der Waals surface area contributed by atoms with Crippen molar-refractivity contribution >= 4 is 34.4 Å². The Hall–Kier alpha value is -2.01. The van der Waals surface area contributed by atoms with Crippen molar-refractivity contribution in [3.05, 3.63) is 42.7 Å². The minimum Gasteiger partial charge on any atom is -0.372 e. The number of hydrogen-bond acceptors (Lipinski definition) is 2. The van der Waals surface area contributed by atoms with Gasteiger partial charge >= 0.3 is 0 Å². The summed E-state index contributed by atoms with van der Waals surface area (Å²) in [5.74, 6) is 0. The first-order chi connectivity index (χ1) is 9.72. The smallest absolute Gasteiger partial charge is 0.175 e. The van der Waals surface area contributed by atoms with Gasteiger partial charge < -0.3 is 20.5 Å². The van der Waals surface area contributed by atoms with Crippen molar-refractivity contribution in [3.63, 3.8) is 0 Å². The molecule has 5 heteroatoms. The predicted octanol–water partition coefficient (Wildman–Crippen LogP) is 3.67. The van der Waals surface area contributed by atoms with Crippen LogP contribution in [0.5, 0.6) is 0 Å². The van der Waals surface area contributed by atoms with Gasteiger partial charge in [0.15, 0.2) is 5.11 Å². The largest absolute Gasteiger partial charge is 0.372 e. The topological polar surface area (TPSA) is 43.1 Å². The lowest BCUT2D eigenvalue weighted by molar-refractivity contribution is 0.866. The van der Waals surface area contributed by atoms with Gasteiger partial charge in [0.2, 0.25) is 0 Å². The van der Waals surface area contributed by atoms with E-state index in [0.717, 1.165) is 24.5 Å². The third-order valence-electron chi connectivity index (χ3n) is 3.11. The Kier molecular flexibility index (Phi) is 5.01. The number of aromatic amines is 1. The maximum Gasteiger partial charge on any atom is 0.175 e. The van der Waals surface area contributed by atoms with Crippen LogP contribution >= 0.6 is 12.2 Å². The fraction of sp³-hybridized carbons (Fsp3) is 0.267. The van der Waals surface area contributed by atoms with E-state index in [1.807, 2.05) is 30.6 Å². The highest BCUT2D eigenvalue weighted by Gasteiger charge is 2.02. The molecule has 0 aliphatic heterocycles. The third-order valence-corrected chi connectivity index (χ3v) is 3.31. The standard InChI is InChI=1S/C15H20N4S/c1-3-19(4-2)14-7-5-12(6-8-14)17-15(20)18-13-9-10-16-11-13/h5-11,16H,3-4H2,1-2H3,(H2,17,18,20). The molecule has 0 atom stereocenters. The molecule has 1 heterocycles. The second kappa shape index (κ2) is 6.96. The van der Waals surface area contributed by atoms with E-state index < -0.39 is 0 Å². The molecule has 0 saturated carbocycles. The number of benzene rings is 1.